The number of ketones is 1. The maximum Gasteiger partial charge on any atom is 0.254 e. The number of hydrogen-bond acceptors (Lipinski definition) is 4. The Kier molecular flexibility index (Phi) is 6.74. The van der Waals surface area contributed by atoms with Crippen molar-refractivity contribution in [2.45, 2.75) is 38.1 Å². The van der Waals surface area contributed by atoms with Crippen LogP contribution in [-0.2, 0) is 16.0 Å². The van der Waals surface area contributed by atoms with Gasteiger partial charge in [-0.2, -0.15) is 0 Å². The number of benzene rings is 1. The Hall–Kier alpha value is -1.72. The third-order valence-corrected chi connectivity index (χ3v) is 4.33. The van der Waals surface area contributed by atoms with Crippen molar-refractivity contribution in [3.8, 4) is 0 Å². The van der Waals surface area contributed by atoms with Crippen molar-refractivity contribution in [1.82, 2.24) is 4.90 Å². The predicted octanol–water partition coefficient (Wildman–Crippen LogP) is 1.82. The number of Topliss-reactive ketones (excluding diaryl/α,β-unsaturated/α-hetero) is 1. The van der Waals surface area contributed by atoms with Gasteiger partial charge in [-0.1, -0.05) is 18.2 Å². The van der Waals surface area contributed by atoms with E-state index >= 15 is 0 Å². The van der Waals surface area contributed by atoms with E-state index in [1.807, 2.05) is 24.3 Å². The monoisotopic (exact) mass is 319 g/mol. The number of ether oxygens (including phenoxy) is 1. The van der Waals surface area contributed by atoms with Gasteiger partial charge in [0.2, 0.25) is 0 Å². The van der Waals surface area contributed by atoms with E-state index in [1.54, 1.807) is 4.90 Å². The van der Waals surface area contributed by atoms with Crippen molar-refractivity contribution in [2.24, 2.45) is 0 Å². The molecule has 1 saturated heterocycles. The number of likely N-dealkylation sites (tertiary alicyclic amines) is 1. The highest BCUT2D eigenvalue weighted by molar-refractivity contribution is 5.96. The van der Waals surface area contributed by atoms with Crippen molar-refractivity contribution in [3.63, 3.8) is 0 Å². The summed E-state index contributed by atoms with van der Waals surface area (Å²) < 4.78 is 4.84. The molecule has 1 aromatic rings. The van der Waals surface area contributed by atoms with E-state index in [2.05, 4.69) is 0 Å². The first kappa shape index (κ1) is 17.6. The Bertz CT molecular complexity index is 544. The fourth-order valence-corrected chi connectivity index (χ4v) is 3.07. The van der Waals surface area contributed by atoms with Gasteiger partial charge < -0.3 is 14.7 Å². The molecule has 0 spiro atoms. The summed E-state index contributed by atoms with van der Waals surface area (Å²) in [6.45, 7) is 0.788. The molecule has 1 heterocycles. The van der Waals surface area contributed by atoms with Crippen molar-refractivity contribution in [2.75, 3.05) is 26.9 Å². The number of amides is 1. The Morgan fingerprint density at radius 3 is 2.83 bits per heavy atom. The molecule has 1 aliphatic heterocycles. The second-order valence-electron chi connectivity index (χ2n) is 5.96. The molecule has 0 unspecified atom stereocenters. The van der Waals surface area contributed by atoms with E-state index in [9.17, 15) is 14.7 Å². The number of methoxy groups -OCH3 is 1. The Balaban J connectivity index is 2.12. The molecular formula is C18H25NO4. The summed E-state index contributed by atoms with van der Waals surface area (Å²) in [6, 6.07) is 7.32. The van der Waals surface area contributed by atoms with Crippen LogP contribution < -0.4 is 0 Å². The van der Waals surface area contributed by atoms with Gasteiger partial charge in [0.25, 0.3) is 5.91 Å². The van der Waals surface area contributed by atoms with E-state index in [0.29, 0.717) is 24.9 Å². The van der Waals surface area contributed by atoms with E-state index in [4.69, 9.17) is 4.74 Å². The minimum Gasteiger partial charge on any atom is -0.394 e. The molecule has 1 aromatic carbocycles. The van der Waals surface area contributed by atoms with Crippen molar-refractivity contribution in [1.29, 1.82) is 0 Å². The molecule has 1 atom stereocenters. The molecule has 0 aromatic heterocycles. The minimum absolute atomic E-state index is 0.000230. The molecule has 1 N–H and O–H groups in total. The number of nitrogens with zero attached hydrogens (tertiary/aromatic N) is 1. The number of aliphatic hydroxyl groups is 1. The van der Waals surface area contributed by atoms with Crippen LogP contribution in [0, 0.1) is 0 Å². The summed E-state index contributed by atoms with van der Waals surface area (Å²) in [6.07, 6.45) is 3.75. The Labute approximate surface area is 137 Å². The van der Waals surface area contributed by atoms with Gasteiger partial charge in [0.15, 0.2) is 5.78 Å². The summed E-state index contributed by atoms with van der Waals surface area (Å²) in [5.74, 6) is -0.0144. The Morgan fingerprint density at radius 1 is 1.30 bits per heavy atom. The number of aryl methyl sites for hydroxylation is 1. The fourth-order valence-electron chi connectivity index (χ4n) is 3.07. The van der Waals surface area contributed by atoms with E-state index in [1.165, 1.54) is 7.11 Å². The average Bonchev–Trinajstić information content (AvgIpc) is 2.60. The van der Waals surface area contributed by atoms with Gasteiger partial charge >= 0.3 is 0 Å². The van der Waals surface area contributed by atoms with Gasteiger partial charge in [0.05, 0.1) is 12.6 Å². The molecule has 0 bridgehead atoms. The quantitative estimate of drug-likeness (QED) is 0.832. The third-order valence-electron chi connectivity index (χ3n) is 4.33. The van der Waals surface area contributed by atoms with Crippen LogP contribution in [0.3, 0.4) is 0 Å². The van der Waals surface area contributed by atoms with E-state index in [-0.39, 0.29) is 30.9 Å². The lowest BCUT2D eigenvalue weighted by atomic mass is 9.97. The molecule has 1 amide bonds. The zero-order chi connectivity index (χ0) is 16.7. The second-order valence-corrected chi connectivity index (χ2v) is 5.96. The molecule has 1 aliphatic rings. The topological polar surface area (TPSA) is 66.8 Å². The smallest absolute Gasteiger partial charge is 0.254 e. The first-order chi connectivity index (χ1) is 11.2. The summed E-state index contributed by atoms with van der Waals surface area (Å²) >= 11 is 0. The number of hydrogen-bond donors (Lipinski definition) is 1. The van der Waals surface area contributed by atoms with Crippen LogP contribution in [0.5, 0.6) is 0 Å². The number of aliphatic hydroxyl groups excluding tert-OH is 1. The zero-order valence-corrected chi connectivity index (χ0v) is 13.7. The van der Waals surface area contributed by atoms with Crippen LogP contribution >= 0.6 is 0 Å². The van der Waals surface area contributed by atoms with Crippen LogP contribution in [0.25, 0.3) is 0 Å². The van der Waals surface area contributed by atoms with E-state index < -0.39 is 0 Å². The molecule has 5 nitrogen and oxygen atoms in total. The van der Waals surface area contributed by atoms with Crippen molar-refractivity contribution >= 4 is 11.7 Å². The lowest BCUT2D eigenvalue weighted by Crippen LogP contribution is -2.45. The van der Waals surface area contributed by atoms with Gasteiger partial charge in [0, 0.05) is 25.6 Å². The summed E-state index contributed by atoms with van der Waals surface area (Å²) in [7, 11) is 1.50. The maximum absolute atomic E-state index is 12.9. The highest BCUT2D eigenvalue weighted by Gasteiger charge is 2.27. The highest BCUT2D eigenvalue weighted by Crippen LogP contribution is 2.21. The molecule has 23 heavy (non-hydrogen) atoms. The SMILES string of the molecule is COCC(=O)CCc1ccccc1C(=O)N1CCCC[C@H]1CO. The number of carbonyl (C=O) groups excluding carboxylic acids is 2. The van der Waals surface area contributed by atoms with Crippen LogP contribution in [-0.4, -0.2) is 54.6 Å². The number of rotatable bonds is 7. The summed E-state index contributed by atoms with van der Waals surface area (Å²) in [4.78, 5) is 26.3. The first-order valence-electron chi connectivity index (χ1n) is 8.17. The van der Waals surface area contributed by atoms with Gasteiger partial charge in [0.1, 0.15) is 6.61 Å². The highest BCUT2D eigenvalue weighted by atomic mass is 16.5. The van der Waals surface area contributed by atoms with Crippen LogP contribution in [0.2, 0.25) is 0 Å². The predicted molar refractivity (Wildman–Crippen MR) is 87.4 cm³/mol. The average molecular weight is 319 g/mol. The Morgan fingerprint density at radius 2 is 2.09 bits per heavy atom. The van der Waals surface area contributed by atoms with E-state index in [0.717, 1.165) is 24.8 Å². The zero-order valence-electron chi connectivity index (χ0n) is 13.7. The van der Waals surface area contributed by atoms with Gasteiger partial charge in [-0.15, -0.1) is 0 Å². The molecule has 0 saturated carbocycles. The molecule has 5 heteroatoms. The lowest BCUT2D eigenvalue weighted by Gasteiger charge is -2.35. The summed E-state index contributed by atoms with van der Waals surface area (Å²) in [5, 5.41) is 9.51. The van der Waals surface area contributed by atoms with Crippen LogP contribution in [0.15, 0.2) is 24.3 Å². The molecule has 2 rings (SSSR count). The fraction of sp³-hybridized carbons (Fsp3) is 0.556. The standard InChI is InChI=1S/C18H25NO4/c1-23-13-16(21)10-9-14-6-2-3-8-17(14)18(22)19-11-5-4-7-15(19)12-20/h2-3,6,8,15,20H,4-5,7,9-13H2,1H3/t15-/m0/s1. The normalized spacial score (nSPS) is 18.0. The molecule has 0 radical (unpaired) electrons. The summed E-state index contributed by atoms with van der Waals surface area (Å²) in [5.41, 5.74) is 1.52. The third kappa shape index (κ3) is 4.62. The van der Waals surface area contributed by atoms with Crippen LogP contribution in [0.4, 0.5) is 0 Å². The van der Waals surface area contributed by atoms with Crippen LogP contribution in [0.1, 0.15) is 41.6 Å². The molecule has 126 valence electrons. The minimum atomic E-state index is -0.0978. The lowest BCUT2D eigenvalue weighted by molar-refractivity contribution is -0.122. The number of piperidine rings is 1. The maximum atomic E-state index is 12.9. The second kappa shape index (κ2) is 8.79. The van der Waals surface area contributed by atoms with Gasteiger partial charge in [-0.05, 0) is 37.3 Å². The molecule has 1 fully saturated rings. The largest absolute Gasteiger partial charge is 0.394 e. The van der Waals surface area contributed by atoms with Crippen molar-refractivity contribution in [3.05, 3.63) is 35.4 Å². The first-order valence-corrected chi connectivity index (χ1v) is 8.17. The van der Waals surface area contributed by atoms with Gasteiger partial charge in [-0.25, -0.2) is 0 Å². The molecular weight excluding hydrogens is 294 g/mol. The molecule has 0 aliphatic carbocycles. The van der Waals surface area contributed by atoms with Gasteiger partial charge in [-0.3, -0.25) is 9.59 Å². The van der Waals surface area contributed by atoms with Crippen molar-refractivity contribution < 1.29 is 19.4 Å². The number of carbonyl (C=O) groups is 2.